The van der Waals surface area contributed by atoms with E-state index >= 15 is 0 Å². The van der Waals surface area contributed by atoms with Gasteiger partial charge < -0.3 is 34.4 Å². The van der Waals surface area contributed by atoms with Crippen LogP contribution >= 0.6 is 15.6 Å². The smallest absolute Gasteiger partial charge is 0.462 e. The molecule has 0 fully saturated rings. The first-order chi connectivity index (χ1) is 29.8. The summed E-state index contributed by atoms with van der Waals surface area (Å²) in [4.78, 5) is 52.7. The van der Waals surface area contributed by atoms with Crippen LogP contribution in [0.3, 0.4) is 0 Å². The van der Waals surface area contributed by atoms with Crippen molar-refractivity contribution >= 4 is 27.6 Å². The van der Waals surface area contributed by atoms with Crippen LogP contribution in [-0.4, -0.2) is 81.6 Å². The van der Waals surface area contributed by atoms with Crippen LogP contribution < -0.4 is 0 Å². The molecule has 2 unspecified atom stereocenters. The minimum atomic E-state index is -4.89. The van der Waals surface area contributed by atoms with Crippen molar-refractivity contribution in [2.75, 3.05) is 26.4 Å². The third-order valence-corrected chi connectivity index (χ3v) is 9.99. The van der Waals surface area contributed by atoms with Crippen LogP contribution in [0, 0.1) is 0 Å². The Labute approximate surface area is 371 Å². The van der Waals surface area contributed by atoms with Gasteiger partial charge in [0.1, 0.15) is 12.7 Å². The van der Waals surface area contributed by atoms with Crippen LogP contribution in [0.5, 0.6) is 0 Å². The molecule has 0 heterocycles. The molecule has 0 rings (SSSR count). The molecule has 16 heteroatoms. The van der Waals surface area contributed by atoms with E-state index in [1.54, 1.807) is 12.2 Å². The molecule has 62 heavy (non-hydrogen) atoms. The molecule has 0 spiro atoms. The number of hydrogen-bond donors (Lipinski definition) is 5. The molecule has 0 amide bonds. The standard InChI is InChI=1S/C46H76O14P2/c1-3-5-7-9-11-13-15-17-18-19-20-22-24-26-28-30-32-36-46(50)60-44(41-59-62(54,55)58-39-43(48)38-57-61(51,52)53)40-56-45(49)37-33-35-42(47)34-31-29-27-25-23-21-16-14-12-10-8-6-4-2/h6,8,12,14,17-18,20-23,26-29,31,34,42-44,47-48H,3-5,7,9-11,13,15-16,19,24-25,30,32-33,35-41H2,1-2H3,(H,54,55)(H2,51,52,53)/b8-6-,14-12-,18-17-,22-20-,23-21-,28-26-,29-27-,34-31+/t42?,43-,44+/m0/s1. The number of aliphatic hydroxyl groups excluding tert-OH is 2. The number of ether oxygens (including phenoxy) is 2. The molecular weight excluding hydrogens is 838 g/mol. The van der Waals surface area contributed by atoms with E-state index in [-0.39, 0.29) is 19.3 Å². The van der Waals surface area contributed by atoms with Crippen LogP contribution in [0.1, 0.15) is 136 Å². The monoisotopic (exact) mass is 914 g/mol. The second-order valence-corrected chi connectivity index (χ2v) is 17.1. The van der Waals surface area contributed by atoms with Crippen molar-refractivity contribution in [1.29, 1.82) is 0 Å². The summed E-state index contributed by atoms with van der Waals surface area (Å²) in [5, 5.41) is 20.0. The number of phosphoric acid groups is 2. The van der Waals surface area contributed by atoms with Crippen molar-refractivity contribution in [2.24, 2.45) is 0 Å². The highest BCUT2D eigenvalue weighted by Gasteiger charge is 2.28. The van der Waals surface area contributed by atoms with E-state index in [1.165, 1.54) is 38.5 Å². The van der Waals surface area contributed by atoms with E-state index in [1.807, 2.05) is 24.3 Å². The average molecular weight is 915 g/mol. The molecular formula is C46H76O14P2. The minimum Gasteiger partial charge on any atom is -0.462 e. The molecule has 0 aromatic rings. The van der Waals surface area contributed by atoms with Gasteiger partial charge in [-0.2, -0.15) is 0 Å². The highest BCUT2D eigenvalue weighted by molar-refractivity contribution is 7.47. The number of aliphatic hydroxyl groups is 2. The van der Waals surface area contributed by atoms with Gasteiger partial charge in [0.25, 0.3) is 0 Å². The van der Waals surface area contributed by atoms with Crippen LogP contribution in [0.4, 0.5) is 0 Å². The summed E-state index contributed by atoms with van der Waals surface area (Å²) >= 11 is 0. The quantitative estimate of drug-likeness (QED) is 0.0127. The summed E-state index contributed by atoms with van der Waals surface area (Å²) in [5.74, 6) is -1.31. The lowest BCUT2D eigenvalue weighted by atomic mass is 10.1. The fraction of sp³-hybridized carbons (Fsp3) is 0.609. The van der Waals surface area contributed by atoms with Gasteiger partial charge in [-0.1, -0.05) is 143 Å². The lowest BCUT2D eigenvalue weighted by Gasteiger charge is -2.20. The summed E-state index contributed by atoms with van der Waals surface area (Å²) in [7, 11) is -9.77. The molecule has 0 aromatic heterocycles. The molecule has 0 aliphatic rings. The van der Waals surface area contributed by atoms with Crippen molar-refractivity contribution in [3.8, 4) is 0 Å². The number of hydrogen-bond acceptors (Lipinski definition) is 11. The Kier molecular flexibility index (Phi) is 38.8. The number of rotatable bonds is 40. The second kappa shape index (κ2) is 40.8. The zero-order chi connectivity index (χ0) is 46.0. The predicted molar refractivity (Wildman–Crippen MR) is 245 cm³/mol. The Balaban J connectivity index is 4.80. The molecule has 0 aromatic carbocycles. The van der Waals surface area contributed by atoms with Crippen molar-refractivity contribution < 1.29 is 66.7 Å². The van der Waals surface area contributed by atoms with Gasteiger partial charge in [0.15, 0.2) is 6.10 Å². The minimum absolute atomic E-state index is 0.0133. The average Bonchev–Trinajstić information content (AvgIpc) is 3.22. The molecule has 0 aliphatic heterocycles. The Morgan fingerprint density at radius 1 is 0.548 bits per heavy atom. The Morgan fingerprint density at radius 3 is 1.68 bits per heavy atom. The van der Waals surface area contributed by atoms with Gasteiger partial charge in [-0.25, -0.2) is 9.13 Å². The van der Waals surface area contributed by atoms with Crippen molar-refractivity contribution in [3.63, 3.8) is 0 Å². The lowest BCUT2D eigenvalue weighted by molar-refractivity contribution is -0.161. The fourth-order valence-electron chi connectivity index (χ4n) is 5.21. The van der Waals surface area contributed by atoms with Gasteiger partial charge in [0, 0.05) is 12.8 Å². The van der Waals surface area contributed by atoms with Gasteiger partial charge >= 0.3 is 27.6 Å². The summed E-state index contributed by atoms with van der Waals surface area (Å²) < 4.78 is 47.6. The highest BCUT2D eigenvalue weighted by atomic mass is 31.2. The maximum atomic E-state index is 12.7. The van der Waals surface area contributed by atoms with Crippen molar-refractivity contribution in [1.82, 2.24) is 0 Å². The van der Waals surface area contributed by atoms with Gasteiger partial charge in [0.05, 0.1) is 25.9 Å². The zero-order valence-electron chi connectivity index (χ0n) is 37.0. The third-order valence-electron chi connectivity index (χ3n) is 8.55. The number of unbranched alkanes of at least 4 members (excludes halogenated alkanes) is 7. The molecule has 0 bridgehead atoms. The topological polar surface area (TPSA) is 216 Å². The maximum absolute atomic E-state index is 12.7. The number of carbonyl (C=O) groups excluding carboxylic acids is 2. The molecule has 4 atom stereocenters. The maximum Gasteiger partial charge on any atom is 0.472 e. The first-order valence-corrected chi connectivity index (χ1v) is 25.1. The molecule has 0 saturated carbocycles. The van der Waals surface area contributed by atoms with Crippen molar-refractivity contribution in [2.45, 2.75) is 154 Å². The first-order valence-electron chi connectivity index (χ1n) is 22.0. The third kappa shape index (κ3) is 43.6. The van der Waals surface area contributed by atoms with E-state index in [0.29, 0.717) is 19.3 Å². The molecule has 0 saturated heterocycles. The van der Waals surface area contributed by atoms with E-state index in [0.717, 1.165) is 44.9 Å². The first kappa shape index (κ1) is 59.0. The SMILES string of the molecule is CC/C=C\C/C=C\C/C=C\C/C=C\C=C\C(O)CCCC(=O)OC[C@H](COP(=O)(O)OC[C@@H](O)COP(=O)(O)O)OC(=O)CCC/C=C\C/C=C\C/C=C\CCCCCCCC. The molecule has 0 radical (unpaired) electrons. The second-order valence-electron chi connectivity index (χ2n) is 14.4. The van der Waals surface area contributed by atoms with Crippen LogP contribution in [0.25, 0.3) is 0 Å². The Hall–Kier alpha value is -3.00. The van der Waals surface area contributed by atoms with E-state index < -0.39 is 72.3 Å². The van der Waals surface area contributed by atoms with Gasteiger partial charge in [-0.3, -0.25) is 23.2 Å². The normalized spacial score (nSPS) is 15.4. The highest BCUT2D eigenvalue weighted by Crippen LogP contribution is 2.43. The predicted octanol–water partition coefficient (Wildman–Crippen LogP) is 10.3. The number of allylic oxidation sites excluding steroid dienone is 15. The summed E-state index contributed by atoms with van der Waals surface area (Å²) in [6, 6.07) is 0. The van der Waals surface area contributed by atoms with E-state index in [4.69, 9.17) is 23.8 Å². The van der Waals surface area contributed by atoms with Crippen molar-refractivity contribution in [3.05, 3.63) is 97.2 Å². The molecule has 14 nitrogen and oxygen atoms in total. The van der Waals surface area contributed by atoms with Crippen LogP contribution in [0.15, 0.2) is 97.2 Å². The van der Waals surface area contributed by atoms with E-state index in [2.05, 4.69) is 83.7 Å². The Morgan fingerprint density at radius 2 is 1.06 bits per heavy atom. The largest absolute Gasteiger partial charge is 0.472 e. The van der Waals surface area contributed by atoms with E-state index in [9.17, 15) is 33.8 Å². The summed E-state index contributed by atoms with van der Waals surface area (Å²) in [6.45, 7) is 1.34. The molecule has 5 N–H and O–H groups in total. The number of esters is 2. The van der Waals surface area contributed by atoms with Crippen LogP contribution in [0.2, 0.25) is 0 Å². The zero-order valence-corrected chi connectivity index (χ0v) is 38.8. The summed E-state index contributed by atoms with van der Waals surface area (Å²) in [5.41, 5.74) is 0. The molecule has 354 valence electrons. The number of carbonyl (C=O) groups is 2. The molecule has 0 aliphatic carbocycles. The van der Waals surface area contributed by atoms with Crippen LogP contribution in [-0.2, 0) is 41.8 Å². The number of phosphoric ester groups is 2. The fourth-order valence-corrected chi connectivity index (χ4v) is 6.37. The summed E-state index contributed by atoms with van der Waals surface area (Å²) in [6.07, 6.45) is 44.4. The lowest BCUT2D eigenvalue weighted by Crippen LogP contribution is -2.30. The Bertz CT molecular complexity index is 1480. The van der Waals surface area contributed by atoms with Gasteiger partial charge in [-0.05, 0) is 77.0 Å². The van der Waals surface area contributed by atoms with Gasteiger partial charge in [-0.15, -0.1) is 0 Å². The van der Waals surface area contributed by atoms with Gasteiger partial charge in [0.2, 0.25) is 0 Å².